The molecule has 0 radical (unpaired) electrons. The molecule has 0 saturated carbocycles. The molecule has 144 valence electrons. The van der Waals surface area contributed by atoms with Gasteiger partial charge in [0.05, 0.1) is 58.3 Å². The zero-order chi connectivity index (χ0) is 19.3. The maximum Gasteiger partial charge on any atom is 0.0671 e. The van der Waals surface area contributed by atoms with Crippen LogP contribution >= 0.6 is 0 Å². The highest BCUT2D eigenvalue weighted by Gasteiger charge is 2.32. The summed E-state index contributed by atoms with van der Waals surface area (Å²) in [6.07, 6.45) is 0. The Morgan fingerprint density at radius 2 is 0.720 bits per heavy atom. The van der Waals surface area contributed by atoms with E-state index in [1.807, 2.05) is 27.7 Å². The van der Waals surface area contributed by atoms with E-state index in [0.717, 1.165) is 22.3 Å². The van der Waals surface area contributed by atoms with Crippen molar-refractivity contribution in [3.63, 3.8) is 0 Å². The minimum atomic E-state index is -0.407. The first kappa shape index (κ1) is 23.8. The SMILES string of the molecule is C=C(C)COCC(COCC(=C)C)(COCC(=C)C)COCC(=C)C. The van der Waals surface area contributed by atoms with Crippen molar-refractivity contribution in [1.82, 2.24) is 0 Å². The van der Waals surface area contributed by atoms with Crippen molar-refractivity contribution < 1.29 is 18.9 Å². The maximum absolute atomic E-state index is 5.83. The number of hydrogen-bond acceptors (Lipinski definition) is 4. The quantitative estimate of drug-likeness (QED) is 0.387. The molecule has 0 aromatic carbocycles. The van der Waals surface area contributed by atoms with Crippen LogP contribution in [0.15, 0.2) is 48.6 Å². The van der Waals surface area contributed by atoms with Crippen molar-refractivity contribution in [2.75, 3.05) is 52.9 Å². The summed E-state index contributed by atoms with van der Waals surface area (Å²) in [5.74, 6) is 0. The Morgan fingerprint density at radius 3 is 0.880 bits per heavy atom. The first-order valence-corrected chi connectivity index (χ1v) is 8.55. The first-order valence-electron chi connectivity index (χ1n) is 8.55. The minimum Gasteiger partial charge on any atom is -0.376 e. The molecule has 0 fully saturated rings. The monoisotopic (exact) mass is 352 g/mol. The fourth-order valence-corrected chi connectivity index (χ4v) is 2.02. The van der Waals surface area contributed by atoms with E-state index in [4.69, 9.17) is 18.9 Å². The third kappa shape index (κ3) is 13.7. The molecular weight excluding hydrogens is 316 g/mol. The fraction of sp³-hybridized carbons (Fsp3) is 0.619. The maximum atomic E-state index is 5.83. The van der Waals surface area contributed by atoms with Gasteiger partial charge in [0.2, 0.25) is 0 Å². The van der Waals surface area contributed by atoms with Crippen LogP contribution in [0.25, 0.3) is 0 Å². The fourth-order valence-electron chi connectivity index (χ4n) is 2.02. The molecule has 25 heavy (non-hydrogen) atoms. The van der Waals surface area contributed by atoms with Crippen molar-refractivity contribution in [2.45, 2.75) is 27.7 Å². The molecule has 0 heterocycles. The molecule has 4 heteroatoms. The van der Waals surface area contributed by atoms with Crippen LogP contribution in [0.1, 0.15) is 27.7 Å². The van der Waals surface area contributed by atoms with E-state index in [2.05, 4.69) is 26.3 Å². The normalized spacial score (nSPS) is 11.4. The van der Waals surface area contributed by atoms with Crippen molar-refractivity contribution in [3.05, 3.63) is 48.6 Å². The second-order valence-electron chi connectivity index (χ2n) is 7.30. The van der Waals surface area contributed by atoms with E-state index in [1.165, 1.54) is 0 Å². The van der Waals surface area contributed by atoms with Crippen LogP contribution < -0.4 is 0 Å². The Labute approximate surface area is 154 Å². The van der Waals surface area contributed by atoms with Crippen LogP contribution in [0, 0.1) is 5.41 Å². The zero-order valence-electron chi connectivity index (χ0n) is 16.6. The van der Waals surface area contributed by atoms with Gasteiger partial charge in [0.1, 0.15) is 0 Å². The second kappa shape index (κ2) is 13.1. The Hall–Kier alpha value is -1.20. The molecular formula is C21H36O4. The second-order valence-corrected chi connectivity index (χ2v) is 7.30. The lowest BCUT2D eigenvalue weighted by Crippen LogP contribution is -2.42. The van der Waals surface area contributed by atoms with Crippen LogP contribution in [-0.4, -0.2) is 52.9 Å². The summed E-state index contributed by atoms with van der Waals surface area (Å²) in [5.41, 5.74) is 3.49. The Kier molecular flexibility index (Phi) is 12.4. The van der Waals surface area contributed by atoms with Crippen LogP contribution in [0.5, 0.6) is 0 Å². The number of hydrogen-bond donors (Lipinski definition) is 0. The summed E-state index contributed by atoms with van der Waals surface area (Å²) in [5, 5.41) is 0. The summed E-state index contributed by atoms with van der Waals surface area (Å²) in [4.78, 5) is 0. The van der Waals surface area contributed by atoms with Gasteiger partial charge in [0, 0.05) is 0 Å². The van der Waals surface area contributed by atoms with Gasteiger partial charge in [0.25, 0.3) is 0 Å². The molecule has 0 rings (SSSR count). The van der Waals surface area contributed by atoms with E-state index in [1.54, 1.807) is 0 Å². The molecule has 0 aromatic rings. The van der Waals surface area contributed by atoms with E-state index < -0.39 is 5.41 Å². The van der Waals surface area contributed by atoms with Crippen molar-refractivity contribution >= 4 is 0 Å². The molecule has 0 unspecified atom stereocenters. The van der Waals surface area contributed by atoms with Crippen molar-refractivity contribution in [2.24, 2.45) is 5.41 Å². The van der Waals surface area contributed by atoms with Gasteiger partial charge >= 0.3 is 0 Å². The summed E-state index contributed by atoms with van der Waals surface area (Å²) in [6, 6.07) is 0. The molecule has 4 nitrogen and oxygen atoms in total. The van der Waals surface area contributed by atoms with E-state index >= 15 is 0 Å². The van der Waals surface area contributed by atoms with Crippen molar-refractivity contribution in [3.8, 4) is 0 Å². The summed E-state index contributed by atoms with van der Waals surface area (Å²) >= 11 is 0. The largest absolute Gasteiger partial charge is 0.376 e. The van der Waals surface area contributed by atoms with Gasteiger partial charge < -0.3 is 18.9 Å². The minimum absolute atomic E-state index is 0.407. The predicted molar refractivity (Wildman–Crippen MR) is 105 cm³/mol. The van der Waals surface area contributed by atoms with Gasteiger partial charge in [-0.3, -0.25) is 0 Å². The van der Waals surface area contributed by atoms with Gasteiger partial charge in [-0.15, -0.1) is 0 Å². The molecule has 0 spiro atoms. The van der Waals surface area contributed by atoms with Gasteiger partial charge in [-0.05, 0) is 27.7 Å². The predicted octanol–water partition coefficient (Wildman–Crippen LogP) is 4.34. The lowest BCUT2D eigenvalue weighted by molar-refractivity contribution is -0.0968. The van der Waals surface area contributed by atoms with Gasteiger partial charge in [-0.2, -0.15) is 0 Å². The molecule has 0 amide bonds. The smallest absolute Gasteiger partial charge is 0.0671 e. The molecule has 0 atom stereocenters. The lowest BCUT2D eigenvalue weighted by Gasteiger charge is -2.33. The molecule has 0 aliphatic rings. The highest BCUT2D eigenvalue weighted by Crippen LogP contribution is 2.22. The van der Waals surface area contributed by atoms with Crippen LogP contribution in [0.3, 0.4) is 0 Å². The van der Waals surface area contributed by atoms with Crippen molar-refractivity contribution in [1.29, 1.82) is 0 Å². The van der Waals surface area contributed by atoms with Gasteiger partial charge in [0.15, 0.2) is 0 Å². The third-order valence-corrected chi connectivity index (χ3v) is 3.03. The highest BCUT2D eigenvalue weighted by molar-refractivity contribution is 4.92. The number of ether oxygens (including phenoxy) is 4. The van der Waals surface area contributed by atoms with Gasteiger partial charge in [-0.25, -0.2) is 0 Å². The standard InChI is InChI=1S/C21H36O4/c1-17(2)9-22-13-21(14-23-10-18(3)4,15-24-11-19(5)6)16-25-12-20(7)8/h1,3,5,7,9-16H2,2,4,6,8H3. The molecule has 0 aliphatic heterocycles. The van der Waals surface area contributed by atoms with E-state index in [0.29, 0.717) is 52.9 Å². The third-order valence-electron chi connectivity index (χ3n) is 3.03. The molecule has 0 saturated heterocycles. The highest BCUT2D eigenvalue weighted by atomic mass is 16.5. The van der Waals surface area contributed by atoms with Gasteiger partial charge in [-0.1, -0.05) is 48.6 Å². The summed E-state index contributed by atoms with van der Waals surface area (Å²) in [6.45, 7) is 27.1. The summed E-state index contributed by atoms with van der Waals surface area (Å²) < 4.78 is 23.3. The number of rotatable bonds is 16. The first-order chi connectivity index (χ1) is 11.7. The molecule has 0 aliphatic carbocycles. The average molecular weight is 353 g/mol. The zero-order valence-corrected chi connectivity index (χ0v) is 16.6. The topological polar surface area (TPSA) is 36.9 Å². The van der Waals surface area contributed by atoms with Crippen LogP contribution in [-0.2, 0) is 18.9 Å². The molecule has 0 N–H and O–H groups in total. The van der Waals surface area contributed by atoms with E-state index in [-0.39, 0.29) is 0 Å². The van der Waals surface area contributed by atoms with E-state index in [9.17, 15) is 0 Å². The van der Waals surface area contributed by atoms with Crippen LogP contribution in [0.4, 0.5) is 0 Å². The lowest BCUT2D eigenvalue weighted by atomic mass is 9.92. The molecule has 0 bridgehead atoms. The Bertz CT molecular complexity index is 365. The molecule has 0 aromatic heterocycles. The summed E-state index contributed by atoms with van der Waals surface area (Å²) in [7, 11) is 0. The Morgan fingerprint density at radius 1 is 0.520 bits per heavy atom. The average Bonchev–Trinajstić information content (AvgIpc) is 2.45. The van der Waals surface area contributed by atoms with Crippen LogP contribution in [0.2, 0.25) is 0 Å². The Balaban J connectivity index is 4.96.